The first-order chi connectivity index (χ1) is 10.0. The van der Waals surface area contributed by atoms with E-state index in [9.17, 15) is 0 Å². The lowest BCUT2D eigenvalue weighted by molar-refractivity contribution is 0.426. The van der Waals surface area contributed by atoms with Crippen LogP contribution in [-0.2, 0) is 25.9 Å². The monoisotopic (exact) mass is 303 g/mol. The molecule has 0 saturated heterocycles. The van der Waals surface area contributed by atoms with Crippen LogP contribution in [0.1, 0.15) is 54.8 Å². The van der Waals surface area contributed by atoms with Gasteiger partial charge in [-0.1, -0.05) is 0 Å². The SMILES string of the molecule is CC(C)(C)NCc1ccc(Cn2cnc3c2CCCC3)s1. The van der Waals surface area contributed by atoms with Crippen molar-refractivity contribution in [3.05, 3.63) is 39.6 Å². The molecule has 2 heterocycles. The van der Waals surface area contributed by atoms with E-state index in [2.05, 4.69) is 47.8 Å². The summed E-state index contributed by atoms with van der Waals surface area (Å²) in [7, 11) is 0. The number of rotatable bonds is 4. The molecule has 1 aliphatic carbocycles. The third kappa shape index (κ3) is 3.74. The Labute approximate surface area is 131 Å². The third-order valence-corrected chi connectivity index (χ3v) is 5.02. The molecule has 21 heavy (non-hydrogen) atoms. The van der Waals surface area contributed by atoms with Crippen molar-refractivity contribution in [2.45, 2.75) is 65.1 Å². The van der Waals surface area contributed by atoms with Crippen molar-refractivity contribution in [2.75, 3.05) is 0 Å². The zero-order valence-corrected chi connectivity index (χ0v) is 14.1. The molecule has 0 spiro atoms. The molecular weight excluding hydrogens is 278 g/mol. The zero-order chi connectivity index (χ0) is 14.9. The van der Waals surface area contributed by atoms with Crippen LogP contribution in [0.15, 0.2) is 18.5 Å². The Kier molecular flexibility index (Phi) is 4.18. The maximum absolute atomic E-state index is 4.58. The molecule has 3 rings (SSSR count). The van der Waals surface area contributed by atoms with Crippen LogP contribution < -0.4 is 5.32 Å². The largest absolute Gasteiger partial charge is 0.329 e. The molecule has 2 aromatic heterocycles. The van der Waals surface area contributed by atoms with Gasteiger partial charge in [-0.25, -0.2) is 4.98 Å². The van der Waals surface area contributed by atoms with Crippen LogP contribution in [0, 0.1) is 0 Å². The summed E-state index contributed by atoms with van der Waals surface area (Å²) in [5.41, 5.74) is 2.96. The molecule has 1 aliphatic rings. The molecular formula is C17H25N3S. The van der Waals surface area contributed by atoms with Gasteiger partial charge < -0.3 is 9.88 Å². The topological polar surface area (TPSA) is 29.9 Å². The molecule has 0 bridgehead atoms. The molecule has 4 heteroatoms. The quantitative estimate of drug-likeness (QED) is 0.932. The molecule has 0 saturated carbocycles. The van der Waals surface area contributed by atoms with Crippen molar-refractivity contribution in [2.24, 2.45) is 0 Å². The van der Waals surface area contributed by atoms with Crippen molar-refractivity contribution in [1.29, 1.82) is 0 Å². The normalized spacial score (nSPS) is 15.2. The Bertz CT molecular complexity index is 604. The Morgan fingerprint density at radius 2 is 1.95 bits per heavy atom. The lowest BCUT2D eigenvalue weighted by atomic mass is 10.0. The van der Waals surface area contributed by atoms with E-state index >= 15 is 0 Å². The van der Waals surface area contributed by atoms with Gasteiger partial charge in [-0.2, -0.15) is 0 Å². The van der Waals surface area contributed by atoms with Crippen molar-refractivity contribution >= 4 is 11.3 Å². The minimum Gasteiger partial charge on any atom is -0.329 e. The second-order valence-electron chi connectivity index (χ2n) is 6.94. The molecule has 2 aromatic rings. The van der Waals surface area contributed by atoms with Crippen LogP contribution in [0.4, 0.5) is 0 Å². The van der Waals surface area contributed by atoms with E-state index in [1.807, 2.05) is 17.7 Å². The van der Waals surface area contributed by atoms with Crippen LogP contribution in [0.5, 0.6) is 0 Å². The Balaban J connectivity index is 1.66. The molecule has 0 aromatic carbocycles. The van der Waals surface area contributed by atoms with Crippen LogP contribution in [0.3, 0.4) is 0 Å². The molecule has 0 atom stereocenters. The Hall–Kier alpha value is -1.13. The van der Waals surface area contributed by atoms with Gasteiger partial charge in [0.25, 0.3) is 0 Å². The Morgan fingerprint density at radius 3 is 2.76 bits per heavy atom. The van der Waals surface area contributed by atoms with Gasteiger partial charge in [0, 0.05) is 27.5 Å². The zero-order valence-electron chi connectivity index (χ0n) is 13.3. The van der Waals surface area contributed by atoms with Crippen molar-refractivity contribution in [3.63, 3.8) is 0 Å². The molecule has 0 aliphatic heterocycles. The van der Waals surface area contributed by atoms with Crippen LogP contribution in [-0.4, -0.2) is 15.1 Å². The van der Waals surface area contributed by atoms with Gasteiger partial charge in [-0.3, -0.25) is 0 Å². The average Bonchev–Trinajstić information content (AvgIpc) is 3.04. The highest BCUT2D eigenvalue weighted by atomic mass is 32.1. The van der Waals surface area contributed by atoms with Gasteiger partial charge in [0.2, 0.25) is 0 Å². The minimum atomic E-state index is 0.174. The summed E-state index contributed by atoms with van der Waals surface area (Å²) in [5.74, 6) is 0. The molecule has 0 unspecified atom stereocenters. The first-order valence-electron chi connectivity index (χ1n) is 7.87. The molecule has 114 valence electrons. The predicted octanol–water partition coefficient (Wildman–Crippen LogP) is 3.76. The third-order valence-electron chi connectivity index (χ3n) is 3.95. The highest BCUT2D eigenvalue weighted by Gasteiger charge is 2.15. The van der Waals surface area contributed by atoms with Crippen LogP contribution in [0.2, 0.25) is 0 Å². The van der Waals surface area contributed by atoms with Gasteiger partial charge in [-0.05, 0) is 58.6 Å². The second kappa shape index (κ2) is 5.93. The van der Waals surface area contributed by atoms with E-state index in [-0.39, 0.29) is 5.54 Å². The van der Waals surface area contributed by atoms with E-state index in [1.165, 1.54) is 40.4 Å². The summed E-state index contributed by atoms with van der Waals surface area (Å²) in [4.78, 5) is 7.42. The second-order valence-corrected chi connectivity index (χ2v) is 8.20. The highest BCUT2D eigenvalue weighted by Crippen LogP contribution is 2.23. The fourth-order valence-corrected chi connectivity index (χ4v) is 3.75. The minimum absolute atomic E-state index is 0.174. The van der Waals surface area contributed by atoms with E-state index in [0.29, 0.717) is 0 Å². The summed E-state index contributed by atoms with van der Waals surface area (Å²) >= 11 is 1.91. The van der Waals surface area contributed by atoms with Crippen molar-refractivity contribution in [1.82, 2.24) is 14.9 Å². The molecule has 0 radical (unpaired) electrons. The number of aromatic nitrogens is 2. The number of aryl methyl sites for hydroxylation is 1. The summed E-state index contributed by atoms with van der Waals surface area (Å²) < 4.78 is 2.35. The van der Waals surface area contributed by atoms with Gasteiger partial charge in [0.15, 0.2) is 0 Å². The molecule has 3 nitrogen and oxygen atoms in total. The van der Waals surface area contributed by atoms with E-state index < -0.39 is 0 Å². The number of fused-ring (bicyclic) bond motifs is 1. The standard InChI is InChI=1S/C17H25N3S/c1-17(2,3)19-10-13-8-9-14(21-13)11-20-12-18-15-6-4-5-7-16(15)20/h8-9,12,19H,4-7,10-11H2,1-3H3. The van der Waals surface area contributed by atoms with Crippen LogP contribution in [0.25, 0.3) is 0 Å². The lowest BCUT2D eigenvalue weighted by Crippen LogP contribution is -2.34. The van der Waals surface area contributed by atoms with E-state index in [4.69, 9.17) is 0 Å². The number of imidazole rings is 1. The number of thiophene rings is 1. The highest BCUT2D eigenvalue weighted by molar-refractivity contribution is 7.11. The Morgan fingerprint density at radius 1 is 1.19 bits per heavy atom. The first kappa shape index (κ1) is 14.8. The summed E-state index contributed by atoms with van der Waals surface area (Å²) in [6.07, 6.45) is 6.99. The summed E-state index contributed by atoms with van der Waals surface area (Å²) in [6.45, 7) is 8.55. The van der Waals surface area contributed by atoms with Gasteiger partial charge >= 0.3 is 0 Å². The van der Waals surface area contributed by atoms with Gasteiger partial charge in [-0.15, -0.1) is 11.3 Å². The maximum atomic E-state index is 4.58. The fraction of sp³-hybridized carbons (Fsp3) is 0.588. The van der Waals surface area contributed by atoms with Gasteiger partial charge in [0.1, 0.15) is 0 Å². The lowest BCUT2D eigenvalue weighted by Gasteiger charge is -2.19. The molecule has 0 fully saturated rings. The summed E-state index contributed by atoms with van der Waals surface area (Å²) in [6, 6.07) is 4.52. The molecule has 0 amide bonds. The number of nitrogens with zero attached hydrogens (tertiary/aromatic N) is 2. The summed E-state index contributed by atoms with van der Waals surface area (Å²) in [5, 5.41) is 3.55. The maximum Gasteiger partial charge on any atom is 0.0955 e. The number of nitrogens with one attached hydrogen (secondary N) is 1. The van der Waals surface area contributed by atoms with Gasteiger partial charge in [0.05, 0.1) is 18.6 Å². The first-order valence-corrected chi connectivity index (χ1v) is 8.68. The smallest absolute Gasteiger partial charge is 0.0955 e. The number of hydrogen-bond donors (Lipinski definition) is 1. The van der Waals surface area contributed by atoms with Crippen molar-refractivity contribution in [3.8, 4) is 0 Å². The fourth-order valence-electron chi connectivity index (χ4n) is 2.79. The van der Waals surface area contributed by atoms with E-state index in [1.54, 1.807) is 0 Å². The average molecular weight is 303 g/mol. The van der Waals surface area contributed by atoms with E-state index in [0.717, 1.165) is 19.5 Å². The predicted molar refractivity (Wildman–Crippen MR) is 88.9 cm³/mol. The van der Waals surface area contributed by atoms with Crippen LogP contribution >= 0.6 is 11.3 Å². The number of hydrogen-bond acceptors (Lipinski definition) is 3. The molecule has 1 N–H and O–H groups in total. The van der Waals surface area contributed by atoms with Crippen molar-refractivity contribution < 1.29 is 0 Å².